The maximum atomic E-state index is 13.5. The van der Waals surface area contributed by atoms with Crippen molar-refractivity contribution in [2.75, 3.05) is 39.8 Å². The van der Waals surface area contributed by atoms with Gasteiger partial charge in [0.05, 0.1) is 5.57 Å². The molecule has 0 radical (unpaired) electrons. The highest BCUT2D eigenvalue weighted by molar-refractivity contribution is 6.06. The fraction of sp³-hybridized carbons (Fsp3) is 0.318. The monoisotopic (exact) mass is 366 g/mol. The lowest BCUT2D eigenvalue weighted by atomic mass is 9.89. The Labute approximate surface area is 158 Å². The first kappa shape index (κ1) is 17.7. The van der Waals surface area contributed by atoms with Gasteiger partial charge in [0.2, 0.25) is 0 Å². The number of rotatable bonds is 2. The summed E-state index contributed by atoms with van der Waals surface area (Å²) < 4.78 is 19.4. The molecule has 2 aromatic carbocycles. The summed E-state index contributed by atoms with van der Waals surface area (Å²) in [4.78, 5) is 17.4. The van der Waals surface area contributed by atoms with E-state index in [1.54, 1.807) is 12.1 Å². The number of likely N-dealkylation sites (N-methyl/N-ethyl adjacent to an activating group) is 1. The van der Waals surface area contributed by atoms with Crippen LogP contribution in [0.3, 0.4) is 0 Å². The summed E-state index contributed by atoms with van der Waals surface area (Å²) in [5.74, 6) is 0.479. The van der Waals surface area contributed by atoms with E-state index < -0.39 is 0 Å². The smallest absolute Gasteiger partial charge is 0.253 e. The van der Waals surface area contributed by atoms with Gasteiger partial charge in [0, 0.05) is 37.3 Å². The third-order valence-corrected chi connectivity index (χ3v) is 5.26. The van der Waals surface area contributed by atoms with E-state index >= 15 is 0 Å². The van der Waals surface area contributed by atoms with E-state index in [-0.39, 0.29) is 18.3 Å². The highest BCUT2D eigenvalue weighted by atomic mass is 19.1. The van der Waals surface area contributed by atoms with Crippen molar-refractivity contribution in [1.82, 2.24) is 9.80 Å². The summed E-state index contributed by atoms with van der Waals surface area (Å²) >= 11 is 0. The number of hydrogen-bond donors (Lipinski definition) is 0. The first-order valence-electron chi connectivity index (χ1n) is 9.23. The van der Waals surface area contributed by atoms with Gasteiger partial charge in [0.1, 0.15) is 18.2 Å². The van der Waals surface area contributed by atoms with Crippen LogP contribution in [-0.2, 0) is 4.79 Å². The third kappa shape index (κ3) is 3.47. The van der Waals surface area contributed by atoms with Crippen molar-refractivity contribution in [2.24, 2.45) is 0 Å². The fourth-order valence-electron chi connectivity index (χ4n) is 3.67. The number of piperazine rings is 1. The normalized spacial score (nSPS) is 17.5. The maximum Gasteiger partial charge on any atom is 0.253 e. The zero-order valence-electron chi connectivity index (χ0n) is 15.7. The second-order valence-corrected chi connectivity index (χ2v) is 7.24. The molecule has 2 heterocycles. The molecule has 1 saturated heterocycles. The number of benzene rings is 2. The molecule has 2 aliphatic heterocycles. The van der Waals surface area contributed by atoms with E-state index in [2.05, 4.69) is 11.9 Å². The van der Waals surface area contributed by atoms with Crippen molar-refractivity contribution in [3.05, 3.63) is 70.5 Å². The van der Waals surface area contributed by atoms with E-state index in [1.807, 2.05) is 30.0 Å². The van der Waals surface area contributed by atoms with Gasteiger partial charge < -0.3 is 14.5 Å². The van der Waals surface area contributed by atoms with Gasteiger partial charge in [-0.15, -0.1) is 0 Å². The van der Waals surface area contributed by atoms with Gasteiger partial charge in [-0.3, -0.25) is 4.79 Å². The zero-order valence-corrected chi connectivity index (χ0v) is 15.7. The zero-order chi connectivity index (χ0) is 19.0. The largest absolute Gasteiger partial charge is 0.488 e. The lowest BCUT2D eigenvalue weighted by Gasteiger charge is -2.34. The number of carbonyl (C=O) groups excluding carboxylic acids is 1. The second kappa shape index (κ2) is 7.16. The highest BCUT2D eigenvalue weighted by Gasteiger charge is 2.30. The fourth-order valence-corrected chi connectivity index (χ4v) is 3.67. The van der Waals surface area contributed by atoms with Gasteiger partial charge in [-0.2, -0.15) is 0 Å². The number of amides is 1. The summed E-state index contributed by atoms with van der Waals surface area (Å²) in [6.07, 6.45) is 0. The van der Waals surface area contributed by atoms with Crippen LogP contribution >= 0.6 is 0 Å². The van der Waals surface area contributed by atoms with Crippen LogP contribution in [0.15, 0.2) is 48.0 Å². The Morgan fingerprint density at radius 2 is 1.74 bits per heavy atom. The van der Waals surface area contributed by atoms with E-state index in [4.69, 9.17) is 4.74 Å². The van der Waals surface area contributed by atoms with Crippen molar-refractivity contribution >= 4 is 11.5 Å². The molecule has 0 aromatic heterocycles. The number of ether oxygens (including phenoxy) is 1. The molecule has 0 N–H and O–H groups in total. The summed E-state index contributed by atoms with van der Waals surface area (Å²) in [5.41, 5.74) is 4.31. The quantitative estimate of drug-likeness (QED) is 0.819. The molecule has 140 valence electrons. The number of halogens is 1. The molecule has 0 spiro atoms. The Morgan fingerprint density at radius 1 is 1.04 bits per heavy atom. The molecule has 4 nitrogen and oxygen atoms in total. The van der Waals surface area contributed by atoms with Crippen LogP contribution in [0, 0.1) is 12.7 Å². The van der Waals surface area contributed by atoms with E-state index in [1.165, 1.54) is 12.1 Å². The van der Waals surface area contributed by atoms with E-state index in [0.29, 0.717) is 18.7 Å². The molecule has 0 aliphatic carbocycles. The van der Waals surface area contributed by atoms with Crippen LogP contribution in [0.1, 0.15) is 16.7 Å². The number of nitrogens with zero attached hydrogens (tertiary/aromatic N) is 2. The summed E-state index contributed by atoms with van der Waals surface area (Å²) in [6.45, 7) is 5.38. The maximum absolute atomic E-state index is 13.5. The Bertz CT molecular complexity index is 897. The van der Waals surface area contributed by atoms with Crippen LogP contribution in [-0.4, -0.2) is 55.5 Å². The Balaban J connectivity index is 1.82. The first-order valence-corrected chi connectivity index (χ1v) is 9.23. The molecule has 2 aromatic rings. The van der Waals surface area contributed by atoms with Crippen LogP contribution in [0.2, 0.25) is 0 Å². The molecule has 5 heteroatoms. The molecule has 1 fully saturated rings. The molecule has 0 unspecified atom stereocenters. The molecule has 1 amide bonds. The molecule has 27 heavy (non-hydrogen) atoms. The van der Waals surface area contributed by atoms with Gasteiger partial charge in [0.25, 0.3) is 5.91 Å². The minimum atomic E-state index is -0.289. The molecule has 0 atom stereocenters. The van der Waals surface area contributed by atoms with Crippen molar-refractivity contribution in [1.29, 1.82) is 0 Å². The summed E-state index contributed by atoms with van der Waals surface area (Å²) in [7, 11) is 2.06. The number of hydrogen-bond acceptors (Lipinski definition) is 3. The lowest BCUT2D eigenvalue weighted by Crippen LogP contribution is -2.48. The predicted molar refractivity (Wildman–Crippen MR) is 103 cm³/mol. The summed E-state index contributed by atoms with van der Waals surface area (Å²) in [6, 6.07) is 12.3. The molecular weight excluding hydrogens is 343 g/mol. The molecular formula is C22H23FN2O2. The molecule has 2 aliphatic rings. The lowest BCUT2D eigenvalue weighted by molar-refractivity contribution is -0.129. The van der Waals surface area contributed by atoms with E-state index in [9.17, 15) is 9.18 Å². The second-order valence-electron chi connectivity index (χ2n) is 7.24. The van der Waals surface area contributed by atoms with Crippen molar-refractivity contribution < 1.29 is 13.9 Å². The Hall–Kier alpha value is -2.66. The van der Waals surface area contributed by atoms with Gasteiger partial charge in [-0.05, 0) is 43.8 Å². The minimum Gasteiger partial charge on any atom is -0.488 e. The van der Waals surface area contributed by atoms with Crippen LogP contribution < -0.4 is 4.74 Å². The summed E-state index contributed by atoms with van der Waals surface area (Å²) in [5, 5.41) is 0. The van der Waals surface area contributed by atoms with Gasteiger partial charge >= 0.3 is 0 Å². The van der Waals surface area contributed by atoms with Crippen LogP contribution in [0.25, 0.3) is 5.57 Å². The number of carbonyl (C=O) groups is 1. The Morgan fingerprint density at radius 3 is 2.44 bits per heavy atom. The van der Waals surface area contributed by atoms with Crippen molar-refractivity contribution in [3.8, 4) is 5.75 Å². The average Bonchev–Trinajstić information content (AvgIpc) is 2.68. The van der Waals surface area contributed by atoms with Crippen molar-refractivity contribution in [3.63, 3.8) is 0 Å². The molecule has 4 rings (SSSR count). The predicted octanol–water partition coefficient (Wildman–Crippen LogP) is 3.10. The van der Waals surface area contributed by atoms with Gasteiger partial charge in [-0.1, -0.05) is 23.8 Å². The topological polar surface area (TPSA) is 32.8 Å². The minimum absolute atomic E-state index is 0.00887. The molecule has 0 saturated carbocycles. The number of fused-ring (bicyclic) bond motifs is 1. The van der Waals surface area contributed by atoms with Gasteiger partial charge in [0.15, 0.2) is 0 Å². The Kier molecular flexibility index (Phi) is 4.70. The highest BCUT2D eigenvalue weighted by Crippen LogP contribution is 2.38. The van der Waals surface area contributed by atoms with Gasteiger partial charge in [-0.25, -0.2) is 4.39 Å². The molecule has 0 bridgehead atoms. The average molecular weight is 366 g/mol. The van der Waals surface area contributed by atoms with Crippen LogP contribution in [0.5, 0.6) is 5.75 Å². The van der Waals surface area contributed by atoms with E-state index in [0.717, 1.165) is 41.1 Å². The van der Waals surface area contributed by atoms with Crippen LogP contribution in [0.4, 0.5) is 4.39 Å². The number of aryl methyl sites for hydroxylation is 1. The standard InChI is InChI=1S/C22H23FN2O2/c1-15-3-8-20-18(13-15)21(16-4-6-17(23)7-5-16)19(14-27-20)22(26)25-11-9-24(2)10-12-25/h3-8,13H,9-12,14H2,1-2H3. The van der Waals surface area contributed by atoms with Crippen molar-refractivity contribution in [2.45, 2.75) is 6.92 Å². The SMILES string of the molecule is Cc1ccc2c(c1)C(c1ccc(F)cc1)=C(C(=O)N1CCN(C)CC1)CO2. The first-order chi connectivity index (χ1) is 13.0. The third-order valence-electron chi connectivity index (χ3n) is 5.26.